The summed E-state index contributed by atoms with van der Waals surface area (Å²) < 4.78 is 27.2. The highest BCUT2D eigenvalue weighted by molar-refractivity contribution is 6.02. The van der Waals surface area contributed by atoms with Crippen LogP contribution in [-0.2, 0) is 4.79 Å². The third kappa shape index (κ3) is 3.98. The number of nitrogens with one attached hydrogen (secondary N) is 1. The number of aromatic nitrogens is 1. The number of pyridine rings is 1. The number of amides is 2. The van der Waals surface area contributed by atoms with Crippen molar-refractivity contribution in [1.29, 1.82) is 5.26 Å². The molecule has 3 rings (SSSR count). The number of halogens is 2. The minimum Gasteiger partial charge on any atom is -0.340 e. The molecule has 0 saturated carbocycles. The van der Waals surface area contributed by atoms with Crippen molar-refractivity contribution >= 4 is 11.8 Å². The minimum absolute atomic E-state index is 0.310. The van der Waals surface area contributed by atoms with Gasteiger partial charge >= 0.3 is 0 Å². The third-order valence-electron chi connectivity index (χ3n) is 4.57. The number of benzene rings is 1. The van der Waals surface area contributed by atoms with E-state index < -0.39 is 42.8 Å². The normalized spacial score (nSPS) is 18.9. The van der Waals surface area contributed by atoms with Gasteiger partial charge in [-0.15, -0.1) is 0 Å². The van der Waals surface area contributed by atoms with Crippen LogP contribution in [0.3, 0.4) is 0 Å². The SMILES string of the molecule is CC(NC(=O)c1ccncc1-c1ccccc1)C(=O)N1CC(F)(F)C[C@H]1C#N. The van der Waals surface area contributed by atoms with Crippen LogP contribution in [0.4, 0.5) is 8.78 Å². The second-order valence-electron chi connectivity index (χ2n) is 6.65. The molecule has 144 valence electrons. The second kappa shape index (κ2) is 7.72. The minimum atomic E-state index is -3.11. The molecule has 1 unspecified atom stereocenters. The Morgan fingerprint density at radius 1 is 1.32 bits per heavy atom. The van der Waals surface area contributed by atoms with Gasteiger partial charge in [-0.3, -0.25) is 14.6 Å². The van der Waals surface area contributed by atoms with Crippen molar-refractivity contribution in [1.82, 2.24) is 15.2 Å². The van der Waals surface area contributed by atoms with Gasteiger partial charge in [-0.2, -0.15) is 5.26 Å². The first kappa shape index (κ1) is 19.4. The number of carbonyl (C=O) groups is 2. The second-order valence-corrected chi connectivity index (χ2v) is 6.65. The Labute approximate surface area is 160 Å². The van der Waals surface area contributed by atoms with E-state index in [4.69, 9.17) is 5.26 Å². The van der Waals surface area contributed by atoms with Gasteiger partial charge in [0.2, 0.25) is 5.91 Å². The average molecular weight is 384 g/mol. The average Bonchev–Trinajstić information content (AvgIpc) is 3.02. The molecule has 6 nitrogen and oxygen atoms in total. The highest BCUT2D eigenvalue weighted by Crippen LogP contribution is 2.32. The summed E-state index contributed by atoms with van der Waals surface area (Å²) in [5.74, 6) is -4.35. The molecule has 0 bridgehead atoms. The van der Waals surface area contributed by atoms with Crippen molar-refractivity contribution in [3.63, 3.8) is 0 Å². The van der Waals surface area contributed by atoms with Crippen molar-refractivity contribution in [3.8, 4) is 17.2 Å². The van der Waals surface area contributed by atoms with E-state index in [0.29, 0.717) is 11.1 Å². The number of hydrogen-bond donors (Lipinski definition) is 1. The molecule has 1 aromatic carbocycles. The predicted octanol–water partition coefficient (Wildman–Crippen LogP) is 2.63. The summed E-state index contributed by atoms with van der Waals surface area (Å²) >= 11 is 0. The lowest BCUT2D eigenvalue weighted by Crippen LogP contribution is -2.48. The van der Waals surface area contributed by atoms with E-state index in [2.05, 4.69) is 10.3 Å². The fourth-order valence-corrected chi connectivity index (χ4v) is 3.19. The van der Waals surface area contributed by atoms with Crippen LogP contribution in [0, 0.1) is 11.3 Å². The van der Waals surface area contributed by atoms with Crippen LogP contribution < -0.4 is 5.32 Å². The number of nitrogens with zero attached hydrogens (tertiary/aromatic N) is 3. The summed E-state index contributed by atoms with van der Waals surface area (Å²) in [6, 6.07) is 10.1. The number of alkyl halides is 2. The first-order valence-electron chi connectivity index (χ1n) is 8.70. The zero-order valence-electron chi connectivity index (χ0n) is 15.1. The van der Waals surface area contributed by atoms with Crippen LogP contribution >= 0.6 is 0 Å². The summed E-state index contributed by atoms with van der Waals surface area (Å²) in [5.41, 5.74) is 1.68. The molecule has 2 amide bonds. The number of rotatable bonds is 4. The molecule has 1 N–H and O–H groups in total. The third-order valence-corrected chi connectivity index (χ3v) is 4.57. The van der Waals surface area contributed by atoms with Gasteiger partial charge in [-0.25, -0.2) is 8.78 Å². The Bertz CT molecular complexity index is 927. The maximum atomic E-state index is 13.6. The van der Waals surface area contributed by atoms with Gasteiger partial charge in [0.25, 0.3) is 11.8 Å². The Kier molecular flexibility index (Phi) is 5.36. The molecule has 0 spiro atoms. The van der Waals surface area contributed by atoms with Gasteiger partial charge in [0.05, 0.1) is 18.2 Å². The molecule has 2 atom stereocenters. The molecular formula is C20H18F2N4O2. The lowest BCUT2D eigenvalue weighted by atomic mass is 10.0. The van der Waals surface area contributed by atoms with E-state index in [1.807, 2.05) is 30.3 Å². The van der Waals surface area contributed by atoms with E-state index in [0.717, 1.165) is 10.5 Å². The van der Waals surface area contributed by atoms with Crippen molar-refractivity contribution < 1.29 is 18.4 Å². The summed E-state index contributed by atoms with van der Waals surface area (Å²) in [4.78, 5) is 30.1. The summed E-state index contributed by atoms with van der Waals surface area (Å²) in [7, 11) is 0. The monoisotopic (exact) mass is 384 g/mol. The molecule has 8 heteroatoms. The maximum Gasteiger partial charge on any atom is 0.268 e. The Balaban J connectivity index is 1.77. The fourth-order valence-electron chi connectivity index (χ4n) is 3.19. The molecule has 28 heavy (non-hydrogen) atoms. The number of carbonyl (C=O) groups excluding carboxylic acids is 2. The summed E-state index contributed by atoms with van der Waals surface area (Å²) in [6.07, 6.45) is 2.31. The predicted molar refractivity (Wildman–Crippen MR) is 97.3 cm³/mol. The van der Waals surface area contributed by atoms with Crippen molar-refractivity contribution in [2.75, 3.05) is 6.54 Å². The van der Waals surface area contributed by atoms with Crippen molar-refractivity contribution in [2.24, 2.45) is 0 Å². The van der Waals surface area contributed by atoms with E-state index in [-0.39, 0.29) is 0 Å². The van der Waals surface area contributed by atoms with Gasteiger partial charge in [0.15, 0.2) is 0 Å². The van der Waals surface area contributed by atoms with E-state index in [1.54, 1.807) is 12.3 Å². The highest BCUT2D eigenvalue weighted by Gasteiger charge is 2.48. The van der Waals surface area contributed by atoms with Gasteiger partial charge in [-0.05, 0) is 18.6 Å². The van der Waals surface area contributed by atoms with Crippen LogP contribution in [0.1, 0.15) is 23.7 Å². The van der Waals surface area contributed by atoms with Crippen LogP contribution in [-0.4, -0.2) is 46.2 Å². The summed E-state index contributed by atoms with van der Waals surface area (Å²) in [6.45, 7) is 0.587. The molecule has 1 fully saturated rings. The van der Waals surface area contributed by atoms with Gasteiger partial charge in [0, 0.05) is 24.4 Å². The van der Waals surface area contributed by atoms with Gasteiger partial charge in [-0.1, -0.05) is 30.3 Å². The fraction of sp³-hybridized carbons (Fsp3) is 0.300. The van der Waals surface area contributed by atoms with E-state index in [9.17, 15) is 18.4 Å². The van der Waals surface area contributed by atoms with Crippen molar-refractivity contribution in [3.05, 3.63) is 54.4 Å². The molecule has 1 aromatic heterocycles. The number of hydrogen-bond acceptors (Lipinski definition) is 4. The lowest BCUT2D eigenvalue weighted by molar-refractivity contribution is -0.134. The Hall–Kier alpha value is -3.34. The van der Waals surface area contributed by atoms with Crippen molar-refractivity contribution in [2.45, 2.75) is 31.4 Å². The maximum absolute atomic E-state index is 13.6. The smallest absolute Gasteiger partial charge is 0.268 e. The summed E-state index contributed by atoms with van der Waals surface area (Å²) in [5, 5.41) is 11.6. The molecule has 2 heterocycles. The largest absolute Gasteiger partial charge is 0.340 e. The number of nitriles is 1. The lowest BCUT2D eigenvalue weighted by Gasteiger charge is -2.24. The molecule has 2 aromatic rings. The van der Waals surface area contributed by atoms with Crippen LogP contribution in [0.2, 0.25) is 0 Å². The molecule has 0 aliphatic carbocycles. The van der Waals surface area contributed by atoms with Gasteiger partial charge < -0.3 is 10.2 Å². The Morgan fingerprint density at radius 3 is 2.71 bits per heavy atom. The van der Waals surface area contributed by atoms with Crippen LogP contribution in [0.25, 0.3) is 11.1 Å². The Morgan fingerprint density at radius 2 is 2.04 bits per heavy atom. The molecule has 1 saturated heterocycles. The molecular weight excluding hydrogens is 366 g/mol. The quantitative estimate of drug-likeness (QED) is 0.878. The van der Waals surface area contributed by atoms with Gasteiger partial charge in [0.1, 0.15) is 12.1 Å². The van der Waals surface area contributed by atoms with E-state index in [1.165, 1.54) is 19.2 Å². The van der Waals surface area contributed by atoms with Crippen LogP contribution in [0.5, 0.6) is 0 Å². The van der Waals surface area contributed by atoms with Crippen LogP contribution in [0.15, 0.2) is 48.8 Å². The molecule has 0 radical (unpaired) electrons. The number of likely N-dealkylation sites (tertiary alicyclic amines) is 1. The van der Waals surface area contributed by atoms with E-state index >= 15 is 0 Å². The standard InChI is InChI=1S/C20H18F2N4O2/c1-13(19(28)26-12-20(21,22)9-15(26)10-23)25-18(27)16-7-8-24-11-17(16)14-5-3-2-4-6-14/h2-8,11,13,15H,9,12H2,1H3,(H,25,27)/t13?,15-/m0/s1. The first-order chi connectivity index (χ1) is 13.3. The molecule has 1 aliphatic heterocycles. The zero-order chi connectivity index (χ0) is 20.3. The highest BCUT2D eigenvalue weighted by atomic mass is 19.3. The zero-order valence-corrected chi connectivity index (χ0v) is 15.1. The first-order valence-corrected chi connectivity index (χ1v) is 8.70. The topological polar surface area (TPSA) is 86.1 Å². The molecule has 1 aliphatic rings.